The average Bonchev–Trinajstić information content (AvgIpc) is 2.66. The predicted octanol–water partition coefficient (Wildman–Crippen LogP) is 1.18. The molecular weight excluding hydrogens is 206 g/mol. The van der Waals surface area contributed by atoms with E-state index < -0.39 is 6.10 Å². The molecule has 88 valence electrons. The van der Waals surface area contributed by atoms with Crippen molar-refractivity contribution in [1.82, 2.24) is 0 Å². The van der Waals surface area contributed by atoms with Crippen LogP contribution in [0, 0.1) is 0 Å². The molecule has 16 heavy (non-hydrogen) atoms. The van der Waals surface area contributed by atoms with E-state index in [1.165, 1.54) is 0 Å². The first-order chi connectivity index (χ1) is 7.72. The topological polar surface area (TPSA) is 64.7 Å². The van der Waals surface area contributed by atoms with Gasteiger partial charge in [-0.15, -0.1) is 0 Å². The predicted molar refractivity (Wildman–Crippen MR) is 60.9 cm³/mol. The summed E-state index contributed by atoms with van der Waals surface area (Å²) >= 11 is 0. The van der Waals surface area contributed by atoms with Crippen LogP contribution in [-0.4, -0.2) is 25.9 Å². The van der Waals surface area contributed by atoms with Gasteiger partial charge in [-0.2, -0.15) is 0 Å². The molecule has 2 unspecified atom stereocenters. The summed E-state index contributed by atoms with van der Waals surface area (Å²) in [6, 6.07) is 3.68. The Balaban J connectivity index is 2.59. The van der Waals surface area contributed by atoms with Gasteiger partial charge in [0.1, 0.15) is 11.5 Å². The zero-order valence-electron chi connectivity index (χ0n) is 9.56. The van der Waals surface area contributed by atoms with Crippen LogP contribution in [0.5, 0.6) is 11.5 Å². The summed E-state index contributed by atoms with van der Waals surface area (Å²) in [4.78, 5) is 0. The summed E-state index contributed by atoms with van der Waals surface area (Å²) in [6.45, 7) is 0.508. The van der Waals surface area contributed by atoms with Gasteiger partial charge in [0, 0.05) is 17.0 Å². The number of hydrogen-bond acceptors (Lipinski definition) is 4. The molecule has 2 atom stereocenters. The van der Waals surface area contributed by atoms with Gasteiger partial charge in [-0.05, 0) is 25.1 Å². The molecular formula is C12H17NO3. The molecule has 0 fully saturated rings. The van der Waals surface area contributed by atoms with Gasteiger partial charge >= 0.3 is 0 Å². The van der Waals surface area contributed by atoms with Gasteiger partial charge in [-0.25, -0.2) is 0 Å². The Morgan fingerprint density at radius 1 is 1.25 bits per heavy atom. The minimum absolute atomic E-state index is 0.148. The first-order valence-electron chi connectivity index (χ1n) is 5.35. The highest BCUT2D eigenvalue weighted by atomic mass is 16.5. The van der Waals surface area contributed by atoms with Crippen LogP contribution in [0.4, 0.5) is 0 Å². The third-order valence-electron chi connectivity index (χ3n) is 3.18. The maximum atomic E-state index is 10.0. The highest BCUT2D eigenvalue weighted by Gasteiger charge is 2.34. The quantitative estimate of drug-likeness (QED) is 0.807. The lowest BCUT2D eigenvalue weighted by atomic mass is 10.00. The van der Waals surface area contributed by atoms with Crippen LogP contribution < -0.4 is 15.2 Å². The molecule has 0 saturated heterocycles. The van der Waals surface area contributed by atoms with Gasteiger partial charge in [-0.3, -0.25) is 0 Å². The first-order valence-corrected chi connectivity index (χ1v) is 5.35. The Hall–Kier alpha value is -1.26. The van der Waals surface area contributed by atoms with Crippen LogP contribution in [0.3, 0.4) is 0 Å². The van der Waals surface area contributed by atoms with E-state index in [-0.39, 0.29) is 5.92 Å². The lowest BCUT2D eigenvalue weighted by molar-refractivity contribution is 0.170. The number of nitrogens with two attached hydrogens (primary N) is 1. The van der Waals surface area contributed by atoms with E-state index in [4.69, 9.17) is 15.2 Å². The lowest BCUT2D eigenvalue weighted by Crippen LogP contribution is -2.10. The smallest absolute Gasteiger partial charge is 0.125 e. The van der Waals surface area contributed by atoms with Crippen molar-refractivity contribution < 1.29 is 14.6 Å². The fourth-order valence-electron chi connectivity index (χ4n) is 2.44. The molecule has 1 aromatic rings. The number of fused-ring (bicyclic) bond motifs is 1. The van der Waals surface area contributed by atoms with Crippen molar-refractivity contribution in [2.45, 2.75) is 18.4 Å². The third-order valence-corrected chi connectivity index (χ3v) is 3.18. The SMILES string of the molecule is COc1ccc(OC)c2c1C(O)CC2CN. The number of methoxy groups -OCH3 is 2. The van der Waals surface area contributed by atoms with Crippen LogP contribution in [-0.2, 0) is 0 Å². The van der Waals surface area contributed by atoms with Gasteiger partial charge in [0.25, 0.3) is 0 Å². The largest absolute Gasteiger partial charge is 0.496 e. The second-order valence-corrected chi connectivity index (χ2v) is 3.98. The molecule has 4 heteroatoms. The highest BCUT2D eigenvalue weighted by molar-refractivity contribution is 5.54. The lowest BCUT2D eigenvalue weighted by Gasteiger charge is -2.15. The van der Waals surface area contributed by atoms with Gasteiger partial charge in [0.2, 0.25) is 0 Å². The maximum Gasteiger partial charge on any atom is 0.125 e. The summed E-state index contributed by atoms with van der Waals surface area (Å²) in [5.74, 6) is 1.64. The zero-order valence-corrected chi connectivity index (χ0v) is 9.56. The monoisotopic (exact) mass is 223 g/mol. The molecule has 1 aliphatic carbocycles. The van der Waals surface area contributed by atoms with Gasteiger partial charge in [0.05, 0.1) is 20.3 Å². The van der Waals surface area contributed by atoms with Crippen molar-refractivity contribution in [3.8, 4) is 11.5 Å². The van der Waals surface area contributed by atoms with Crippen LogP contribution in [0.15, 0.2) is 12.1 Å². The summed E-state index contributed by atoms with van der Waals surface area (Å²) in [5, 5.41) is 10.0. The highest BCUT2D eigenvalue weighted by Crippen LogP contribution is 2.48. The van der Waals surface area contributed by atoms with Crippen LogP contribution in [0.1, 0.15) is 29.6 Å². The fourth-order valence-corrected chi connectivity index (χ4v) is 2.44. The molecule has 0 radical (unpaired) electrons. The van der Waals surface area contributed by atoms with Crippen molar-refractivity contribution in [3.05, 3.63) is 23.3 Å². The van der Waals surface area contributed by atoms with Crippen LogP contribution in [0.2, 0.25) is 0 Å². The number of benzene rings is 1. The second kappa shape index (κ2) is 4.31. The average molecular weight is 223 g/mol. The molecule has 0 aromatic heterocycles. The number of aliphatic hydroxyl groups is 1. The molecule has 0 heterocycles. The Bertz CT molecular complexity index is 392. The van der Waals surface area contributed by atoms with Gasteiger partial charge in [0.15, 0.2) is 0 Å². The van der Waals surface area contributed by atoms with Crippen LogP contribution in [0.25, 0.3) is 0 Å². The van der Waals surface area contributed by atoms with E-state index >= 15 is 0 Å². The molecule has 0 amide bonds. The van der Waals surface area contributed by atoms with Crippen LogP contribution >= 0.6 is 0 Å². The molecule has 1 aliphatic rings. The Morgan fingerprint density at radius 3 is 2.31 bits per heavy atom. The van der Waals surface area contributed by atoms with Crippen molar-refractivity contribution in [2.24, 2.45) is 5.73 Å². The van der Waals surface area contributed by atoms with E-state index in [0.29, 0.717) is 18.7 Å². The molecule has 4 nitrogen and oxygen atoms in total. The van der Waals surface area contributed by atoms with Crippen molar-refractivity contribution in [3.63, 3.8) is 0 Å². The summed E-state index contributed by atoms with van der Waals surface area (Å²) in [6.07, 6.45) is 0.136. The second-order valence-electron chi connectivity index (χ2n) is 3.98. The summed E-state index contributed by atoms with van der Waals surface area (Å²) in [7, 11) is 3.23. The zero-order chi connectivity index (χ0) is 11.7. The molecule has 0 spiro atoms. The van der Waals surface area contributed by atoms with Crippen molar-refractivity contribution in [2.75, 3.05) is 20.8 Å². The van der Waals surface area contributed by atoms with Crippen molar-refractivity contribution in [1.29, 1.82) is 0 Å². The number of ether oxygens (including phenoxy) is 2. The third kappa shape index (κ3) is 1.54. The summed E-state index contributed by atoms with van der Waals surface area (Å²) < 4.78 is 10.6. The number of rotatable bonds is 3. The standard InChI is InChI=1S/C12H17NO3/c1-15-9-3-4-10(16-2)12-8(14)5-7(6-13)11(9)12/h3-4,7-8,14H,5-6,13H2,1-2H3. The fraction of sp³-hybridized carbons (Fsp3) is 0.500. The summed E-state index contributed by atoms with van der Waals surface area (Å²) in [5.41, 5.74) is 7.55. The maximum absolute atomic E-state index is 10.0. The number of hydrogen-bond donors (Lipinski definition) is 2. The Kier molecular flexibility index (Phi) is 3.03. The molecule has 2 rings (SSSR count). The minimum Gasteiger partial charge on any atom is -0.496 e. The van der Waals surface area contributed by atoms with Gasteiger partial charge < -0.3 is 20.3 Å². The van der Waals surface area contributed by atoms with E-state index in [1.807, 2.05) is 12.1 Å². The van der Waals surface area contributed by atoms with Gasteiger partial charge in [-0.1, -0.05) is 0 Å². The molecule has 1 aromatic carbocycles. The van der Waals surface area contributed by atoms with E-state index in [1.54, 1.807) is 14.2 Å². The Labute approximate surface area is 95.0 Å². The minimum atomic E-state index is -0.506. The first kappa shape index (κ1) is 11.2. The molecule has 0 bridgehead atoms. The molecule has 3 N–H and O–H groups in total. The Morgan fingerprint density at radius 2 is 1.81 bits per heavy atom. The molecule has 0 saturated carbocycles. The molecule has 0 aliphatic heterocycles. The number of aliphatic hydroxyl groups excluding tert-OH is 1. The van der Waals surface area contributed by atoms with E-state index in [9.17, 15) is 5.11 Å². The van der Waals surface area contributed by atoms with Crippen molar-refractivity contribution >= 4 is 0 Å². The normalized spacial score (nSPS) is 23.0. The van der Waals surface area contributed by atoms with E-state index in [0.717, 1.165) is 16.9 Å². The van der Waals surface area contributed by atoms with E-state index in [2.05, 4.69) is 0 Å².